The Hall–Kier alpha value is -7.92. The van der Waals surface area contributed by atoms with Crippen molar-refractivity contribution in [3.05, 3.63) is 71.8 Å². The fourth-order valence-electron chi connectivity index (χ4n) is 13.7. The molecule has 2 aliphatic rings. The van der Waals surface area contributed by atoms with Gasteiger partial charge in [-0.25, -0.2) is 0 Å². The van der Waals surface area contributed by atoms with Gasteiger partial charge in [0.1, 0.15) is 0 Å². The van der Waals surface area contributed by atoms with Gasteiger partial charge in [-0.05, 0) is 172 Å². The molecule has 2 fully saturated rings. The van der Waals surface area contributed by atoms with Gasteiger partial charge in [0.2, 0.25) is 29.5 Å². The van der Waals surface area contributed by atoms with E-state index in [2.05, 4.69) is 191 Å². The number of amides is 6. The van der Waals surface area contributed by atoms with Crippen LogP contribution in [0.15, 0.2) is 60.7 Å². The summed E-state index contributed by atoms with van der Waals surface area (Å²) in [6.45, 7) is 63.2. The van der Waals surface area contributed by atoms with Gasteiger partial charge in [0.05, 0.1) is 24.7 Å². The third kappa shape index (κ3) is 132. The van der Waals surface area contributed by atoms with E-state index in [0.29, 0.717) is 99.6 Å². The second-order valence-corrected chi connectivity index (χ2v) is 43.1. The molecule has 0 radical (unpaired) electrons. The summed E-state index contributed by atoms with van der Waals surface area (Å²) < 4.78 is 0. The van der Waals surface area contributed by atoms with Crippen LogP contribution < -0.4 is 31.9 Å². The van der Waals surface area contributed by atoms with Gasteiger partial charge in [-0.3, -0.25) is 57.5 Å². The number of carbonyl (C=O) groups excluding carboxylic acids is 6. The SMILES string of the molecule is CC(C)CC(=O)O.CC(C)CCC(=O)O.CC(C)CCCC(=O)O.CC(C)CCCCNC(=O)C1CCCCC1.CC(C)CCCCNC(=O)C1CCCCC1C(=O)O.CC(C)CCCCNC(=O)CCC(=O)O.CC(C)CCCCNC(=O)CCCC(=O)O.CC(C)CCCCNC(=O)Cc1ccccc1.CC(C)CCCCNC(=O)c1ccccc1.CCC(C)C.CCCC(C)C.CCCCC(C)C. The topological polar surface area (TPSA) is 398 Å². The van der Waals surface area contributed by atoms with Crippen LogP contribution in [-0.4, -0.2) is 141 Å². The van der Waals surface area contributed by atoms with Gasteiger partial charge in [0.15, 0.2) is 0 Å². The Kier molecular flexibility index (Phi) is 112. The van der Waals surface area contributed by atoms with Crippen molar-refractivity contribution in [2.75, 3.05) is 39.3 Å². The largest absolute Gasteiger partial charge is 0.481 e. The zero-order valence-corrected chi connectivity index (χ0v) is 95.1. The highest BCUT2D eigenvalue weighted by atomic mass is 16.4. The van der Waals surface area contributed by atoms with Crippen molar-refractivity contribution in [3.63, 3.8) is 0 Å². The Morgan fingerprint density at radius 1 is 0.270 bits per heavy atom. The first-order valence-electron chi connectivity index (χ1n) is 55.4. The molecule has 2 aromatic rings. The van der Waals surface area contributed by atoms with Gasteiger partial charge in [-0.15, -0.1) is 0 Å². The lowest BCUT2D eigenvalue weighted by Gasteiger charge is -2.27. The second kappa shape index (κ2) is 106. The molecule has 2 unspecified atom stereocenters. The van der Waals surface area contributed by atoms with E-state index in [1.54, 1.807) is 0 Å². The lowest BCUT2D eigenvalue weighted by atomic mass is 9.78. The molecule has 0 spiro atoms. The van der Waals surface area contributed by atoms with Gasteiger partial charge in [-0.2, -0.15) is 0 Å². The number of carboxylic acid groups (broad SMARTS) is 6. The van der Waals surface area contributed by atoms with Gasteiger partial charge in [-0.1, -0.05) is 390 Å². The van der Waals surface area contributed by atoms with Crippen molar-refractivity contribution in [2.24, 2.45) is 88.8 Å². The van der Waals surface area contributed by atoms with E-state index in [0.717, 1.165) is 175 Å². The molecule has 2 atom stereocenters. The minimum atomic E-state index is -0.926. The van der Waals surface area contributed by atoms with Crippen molar-refractivity contribution >= 4 is 71.3 Å². The molecule has 0 bridgehead atoms. The molecule has 0 aromatic heterocycles. The minimum Gasteiger partial charge on any atom is -0.481 e. The monoisotopic (exact) mass is 2000 g/mol. The molecule has 6 amide bonds. The van der Waals surface area contributed by atoms with E-state index < -0.39 is 41.7 Å². The van der Waals surface area contributed by atoms with Crippen LogP contribution in [0.4, 0.5) is 0 Å². The molecule has 0 aliphatic heterocycles. The van der Waals surface area contributed by atoms with Crippen molar-refractivity contribution in [2.45, 2.75) is 476 Å². The first-order chi connectivity index (χ1) is 66.3. The number of benzene rings is 2. The molecule has 4 rings (SSSR count). The van der Waals surface area contributed by atoms with E-state index in [-0.39, 0.29) is 67.1 Å². The summed E-state index contributed by atoms with van der Waals surface area (Å²) in [7, 11) is 0. The Bertz CT molecular complexity index is 3240. The molecule has 24 nitrogen and oxygen atoms in total. The number of nitrogens with one attached hydrogen (secondary N) is 6. The molecule has 24 heteroatoms. The first kappa shape index (κ1) is 148. The molecule has 2 aromatic carbocycles. The maximum absolute atomic E-state index is 12.0. The molecule has 0 heterocycles. The van der Waals surface area contributed by atoms with Crippen LogP contribution in [0, 0.1) is 88.8 Å². The predicted octanol–water partition coefficient (Wildman–Crippen LogP) is 28.6. The smallest absolute Gasteiger partial charge is 0.307 e. The Morgan fingerprint density at radius 2 is 0.589 bits per heavy atom. The third-order valence-electron chi connectivity index (χ3n) is 22.6. The molecule has 2 saturated carbocycles. The van der Waals surface area contributed by atoms with Gasteiger partial charge in [0, 0.05) is 89.3 Å². The van der Waals surface area contributed by atoms with Crippen LogP contribution in [0.25, 0.3) is 0 Å². The van der Waals surface area contributed by atoms with Crippen molar-refractivity contribution in [1.82, 2.24) is 31.9 Å². The summed E-state index contributed by atoms with van der Waals surface area (Å²) in [6.07, 6.45) is 42.8. The van der Waals surface area contributed by atoms with Crippen LogP contribution in [-0.2, 0) is 59.2 Å². The highest BCUT2D eigenvalue weighted by Crippen LogP contribution is 2.31. The molecule has 141 heavy (non-hydrogen) atoms. The number of carbonyl (C=O) groups is 12. The maximum atomic E-state index is 12.0. The molecule has 0 saturated heterocycles. The van der Waals surface area contributed by atoms with Crippen LogP contribution >= 0.6 is 0 Å². The minimum absolute atomic E-state index is 0.0325. The van der Waals surface area contributed by atoms with Gasteiger partial charge in [0.25, 0.3) is 5.91 Å². The summed E-state index contributed by atoms with van der Waals surface area (Å²) in [5.41, 5.74) is 1.82. The fraction of sp³-hybridized carbons (Fsp3) is 0.795. The van der Waals surface area contributed by atoms with E-state index >= 15 is 0 Å². The Balaban J connectivity index is -0.000000233. The Labute approximate surface area is 862 Å². The molecule has 826 valence electrons. The Morgan fingerprint density at radius 3 is 0.901 bits per heavy atom. The van der Waals surface area contributed by atoms with Gasteiger partial charge >= 0.3 is 35.8 Å². The number of hydrogen-bond donors (Lipinski definition) is 12. The fourth-order valence-corrected chi connectivity index (χ4v) is 13.7. The van der Waals surface area contributed by atoms with Crippen LogP contribution in [0.1, 0.15) is 485 Å². The predicted molar refractivity (Wildman–Crippen MR) is 588 cm³/mol. The first-order valence-corrected chi connectivity index (χ1v) is 55.4. The average molecular weight is 2000 g/mol. The van der Waals surface area contributed by atoms with Crippen LogP contribution in [0.2, 0.25) is 0 Å². The summed E-state index contributed by atoms with van der Waals surface area (Å²) in [6, 6.07) is 19.2. The standard InChI is InChI=1S/C15H27NO3.C15H23NO.C14H27NO.C14H21NO.C12H23NO3.C11H21NO3.C7H14O2.C7H16.C6H12O2.C6H14.C5H10O2.C5H12/c1-11(2)7-5-6-10-16-14(17)12-8-3-4-9-13(12)15(18)19;1-13(2)8-6-7-11-16-15(17)12-14-9-4-3-5-10-14;2*1-12(2)8-6-7-11-15-14(16)13-9-4-3-5-10-13;1-10(2)6-3-4-9-13-11(14)7-5-8-12(15)16;1-9(2)5-3-4-8-12-10(13)6-7-11(14)15;1-6(2)4-3-5-7(8)9;1-4-5-6-7(2)3;1-5(2)3-4-6(7)8;1-4-5-6(2)3;1-4(2)3-5(6)7;1-4-5(2)3/h11-13H,3-10H2,1-2H3,(H,16,17)(H,18,19);3-5,9-10,13H,6-8,11-12H2,1-2H3,(H,16,17);12-13H,3-11H2,1-2H3,(H,15,16);3-5,9-10,12H,6-8,11H2,1-2H3,(H,15,16);10H,3-9H2,1-2H3,(H,13,14)(H,15,16);9H,3-8H2,1-2H3,(H,12,13)(H,14,15);6H,3-5H2,1-2H3,(H,8,9);7H,4-6H2,1-3H3;5H,3-4H2,1-2H3,(H,7,8);6H,4-5H2,1-3H3;4H,3H2,1-2H3,(H,6,7);5H,4H2,1-3H3. The van der Waals surface area contributed by atoms with E-state index in [9.17, 15) is 57.5 Å². The number of rotatable bonds is 58. The summed E-state index contributed by atoms with van der Waals surface area (Å²) >= 11 is 0. The number of unbranched alkanes of at least 4 members (excludes halogenated alkanes) is 7. The highest BCUT2D eigenvalue weighted by molar-refractivity contribution is 5.94. The van der Waals surface area contributed by atoms with Gasteiger partial charge < -0.3 is 62.5 Å². The molecule has 2 aliphatic carbocycles. The number of aliphatic carboxylic acids is 6. The highest BCUT2D eigenvalue weighted by Gasteiger charge is 2.35. The quantitative estimate of drug-likeness (QED) is 0.0274. The van der Waals surface area contributed by atoms with E-state index in [1.165, 1.54) is 116 Å². The zero-order chi connectivity index (χ0) is 109. The molecule has 12 N–H and O–H groups in total. The van der Waals surface area contributed by atoms with E-state index in [4.69, 9.17) is 30.6 Å². The molecular weight excluding hydrogens is 1780 g/mol. The average Bonchev–Trinajstić information content (AvgIpc) is 0.851. The summed E-state index contributed by atoms with van der Waals surface area (Å²) in [5, 5.41) is 67.8. The number of carboxylic acids is 6. The maximum Gasteiger partial charge on any atom is 0.307 e. The lowest BCUT2D eigenvalue weighted by molar-refractivity contribution is -0.149. The second-order valence-electron chi connectivity index (χ2n) is 43.1. The third-order valence-corrected chi connectivity index (χ3v) is 22.6. The van der Waals surface area contributed by atoms with Crippen molar-refractivity contribution in [3.8, 4) is 0 Å². The number of hydrogen-bond acceptors (Lipinski definition) is 12. The normalized spacial score (nSPS) is 12.8. The summed E-state index contributed by atoms with van der Waals surface area (Å²) in [5.74, 6) is 3.55. The lowest BCUT2D eigenvalue weighted by Crippen LogP contribution is -2.40. The molecular formula is C117H220N6O18. The van der Waals surface area contributed by atoms with Crippen molar-refractivity contribution in [1.29, 1.82) is 0 Å². The van der Waals surface area contributed by atoms with Crippen molar-refractivity contribution < 1.29 is 88.2 Å². The van der Waals surface area contributed by atoms with E-state index in [1.807, 2.05) is 88.4 Å². The van der Waals surface area contributed by atoms with Crippen LogP contribution in [0.5, 0.6) is 0 Å². The van der Waals surface area contributed by atoms with Crippen LogP contribution in [0.3, 0.4) is 0 Å². The zero-order valence-electron chi connectivity index (χ0n) is 95.1. The summed E-state index contributed by atoms with van der Waals surface area (Å²) in [4.78, 5) is 131.